The van der Waals surface area contributed by atoms with Gasteiger partial charge in [-0.25, -0.2) is 4.98 Å². The molecule has 0 radical (unpaired) electrons. The fourth-order valence-corrected chi connectivity index (χ4v) is 7.30. The molecule has 3 aromatic rings. The molecule has 8 heteroatoms. The number of hydrogen-bond donors (Lipinski definition) is 1. The Hall–Kier alpha value is -2.97. The number of rotatable bonds is 6. The molecule has 0 aliphatic carbocycles. The first-order chi connectivity index (χ1) is 17.6. The van der Waals surface area contributed by atoms with Gasteiger partial charge in [0.25, 0.3) is 11.5 Å². The van der Waals surface area contributed by atoms with Crippen LogP contribution >= 0.6 is 11.3 Å². The molecular weight excluding hydrogens is 470 g/mol. The first-order valence-corrected chi connectivity index (χ1v) is 14.0. The van der Waals surface area contributed by atoms with Crippen molar-refractivity contribution in [2.45, 2.75) is 44.7 Å². The van der Waals surface area contributed by atoms with Crippen molar-refractivity contribution in [2.24, 2.45) is 5.92 Å². The maximum Gasteiger partial charge on any atom is 0.263 e. The molecule has 188 valence electrons. The van der Waals surface area contributed by atoms with E-state index in [0.29, 0.717) is 29.3 Å². The lowest BCUT2D eigenvalue weighted by Gasteiger charge is -2.42. The van der Waals surface area contributed by atoms with Gasteiger partial charge in [-0.1, -0.05) is 54.7 Å². The summed E-state index contributed by atoms with van der Waals surface area (Å²) in [4.78, 5) is 36.4. The number of fused-ring (bicyclic) bond motifs is 4. The van der Waals surface area contributed by atoms with Crippen LogP contribution in [0.15, 0.2) is 53.3 Å². The van der Waals surface area contributed by atoms with Gasteiger partial charge >= 0.3 is 0 Å². The molecule has 1 aromatic carbocycles. The van der Waals surface area contributed by atoms with Gasteiger partial charge in [0.1, 0.15) is 4.88 Å². The fourth-order valence-electron chi connectivity index (χ4n) is 6.28. The highest BCUT2D eigenvalue weighted by Gasteiger charge is 2.36. The number of carbonyl (C=O) groups is 1. The standard InChI is InChI=1S/C28H33N5O2S/c1-2-31-13-7-10-22(31)15-29-27(35)26-25(20-8-4-3-5-9-20)30-28(36-26)32-16-19-14-21(18-32)23-11-6-12-24(34)33(23)17-19/h3-6,8-9,11-12,19,21-22H,2,7,10,13-18H2,1H3,(H,29,35)/t19-,21+,22+/m1/s1. The molecule has 0 spiro atoms. The van der Waals surface area contributed by atoms with Gasteiger partial charge in [0.15, 0.2) is 5.13 Å². The average molecular weight is 504 g/mol. The lowest BCUT2D eigenvalue weighted by molar-refractivity contribution is 0.0946. The Kier molecular flexibility index (Phi) is 6.39. The second-order valence-electron chi connectivity index (χ2n) is 10.3. The van der Waals surface area contributed by atoms with E-state index in [1.54, 1.807) is 6.07 Å². The number of anilines is 1. The molecule has 6 rings (SSSR count). The Morgan fingerprint density at radius 3 is 2.81 bits per heavy atom. The number of piperidine rings is 1. The Labute approximate surface area is 215 Å². The molecule has 0 saturated carbocycles. The Morgan fingerprint density at radius 2 is 1.97 bits per heavy atom. The molecule has 0 unspecified atom stereocenters. The summed E-state index contributed by atoms with van der Waals surface area (Å²) >= 11 is 1.50. The molecule has 2 aromatic heterocycles. The van der Waals surface area contributed by atoms with E-state index in [4.69, 9.17) is 4.98 Å². The topological polar surface area (TPSA) is 70.5 Å². The van der Waals surface area contributed by atoms with E-state index in [2.05, 4.69) is 28.1 Å². The Bertz CT molecular complexity index is 1300. The van der Waals surface area contributed by atoms with E-state index in [1.807, 2.05) is 41.0 Å². The highest BCUT2D eigenvalue weighted by Crippen LogP contribution is 2.40. The zero-order chi connectivity index (χ0) is 24.6. The van der Waals surface area contributed by atoms with Crippen LogP contribution in [0.25, 0.3) is 11.3 Å². The number of likely N-dealkylation sites (N-methyl/N-ethyl adjacent to an activating group) is 1. The third-order valence-electron chi connectivity index (χ3n) is 8.02. The van der Waals surface area contributed by atoms with Crippen LogP contribution in [0.1, 0.15) is 47.5 Å². The summed E-state index contributed by atoms with van der Waals surface area (Å²) in [6.07, 6.45) is 3.43. The predicted octanol–water partition coefficient (Wildman–Crippen LogP) is 3.81. The largest absolute Gasteiger partial charge is 0.350 e. The van der Waals surface area contributed by atoms with E-state index in [9.17, 15) is 9.59 Å². The average Bonchev–Trinajstić information content (AvgIpc) is 3.56. The lowest BCUT2D eigenvalue weighted by Crippen LogP contribution is -2.47. The number of nitrogens with zero attached hydrogens (tertiary/aromatic N) is 4. The normalized spacial score (nSPS) is 23.5. The summed E-state index contributed by atoms with van der Waals surface area (Å²) in [6, 6.07) is 16.1. The second-order valence-corrected chi connectivity index (χ2v) is 11.3. The van der Waals surface area contributed by atoms with Crippen LogP contribution in [-0.2, 0) is 6.54 Å². The molecule has 2 bridgehead atoms. The van der Waals surface area contributed by atoms with Crippen molar-refractivity contribution in [1.82, 2.24) is 19.8 Å². The van der Waals surface area contributed by atoms with Crippen LogP contribution in [0.2, 0.25) is 0 Å². The molecule has 2 fully saturated rings. The maximum absolute atomic E-state index is 13.5. The number of amides is 1. The molecule has 1 amide bonds. The molecule has 5 heterocycles. The van der Waals surface area contributed by atoms with Gasteiger partial charge in [-0.05, 0) is 44.3 Å². The number of likely N-dealkylation sites (tertiary alicyclic amines) is 1. The van der Waals surface area contributed by atoms with Crippen LogP contribution in [0.4, 0.5) is 5.13 Å². The molecule has 3 aliphatic heterocycles. The Balaban J connectivity index is 1.27. The predicted molar refractivity (Wildman–Crippen MR) is 144 cm³/mol. The molecule has 36 heavy (non-hydrogen) atoms. The van der Waals surface area contributed by atoms with Crippen LogP contribution in [-0.4, -0.2) is 59.1 Å². The zero-order valence-electron chi connectivity index (χ0n) is 20.7. The van der Waals surface area contributed by atoms with Gasteiger partial charge < -0.3 is 14.8 Å². The van der Waals surface area contributed by atoms with Crippen molar-refractivity contribution in [1.29, 1.82) is 0 Å². The van der Waals surface area contributed by atoms with Crippen molar-refractivity contribution in [3.8, 4) is 11.3 Å². The van der Waals surface area contributed by atoms with Crippen LogP contribution in [0.3, 0.4) is 0 Å². The van der Waals surface area contributed by atoms with Crippen LogP contribution < -0.4 is 15.8 Å². The van der Waals surface area contributed by atoms with E-state index in [1.165, 1.54) is 17.8 Å². The van der Waals surface area contributed by atoms with Crippen molar-refractivity contribution in [2.75, 3.05) is 37.6 Å². The van der Waals surface area contributed by atoms with E-state index < -0.39 is 0 Å². The summed E-state index contributed by atoms with van der Waals surface area (Å²) in [6.45, 7) is 7.42. The monoisotopic (exact) mass is 503 g/mol. The molecule has 2 saturated heterocycles. The summed E-state index contributed by atoms with van der Waals surface area (Å²) < 4.78 is 1.95. The molecular formula is C28H33N5O2S. The number of carbonyl (C=O) groups excluding carboxylic acids is 1. The van der Waals surface area contributed by atoms with Crippen molar-refractivity contribution in [3.63, 3.8) is 0 Å². The quantitative estimate of drug-likeness (QED) is 0.554. The van der Waals surface area contributed by atoms with Crippen molar-refractivity contribution in [3.05, 3.63) is 69.5 Å². The highest BCUT2D eigenvalue weighted by molar-refractivity contribution is 7.18. The summed E-state index contributed by atoms with van der Waals surface area (Å²) in [7, 11) is 0. The number of benzene rings is 1. The lowest BCUT2D eigenvalue weighted by atomic mass is 9.83. The number of hydrogen-bond acceptors (Lipinski definition) is 6. The molecule has 1 N–H and O–H groups in total. The third kappa shape index (κ3) is 4.37. The van der Waals surface area contributed by atoms with Gasteiger partial charge in [0, 0.05) is 55.5 Å². The summed E-state index contributed by atoms with van der Waals surface area (Å²) in [5.74, 6) is 0.671. The number of aromatic nitrogens is 2. The van der Waals surface area contributed by atoms with Crippen molar-refractivity contribution >= 4 is 22.4 Å². The SMILES string of the molecule is CCN1CCC[C@H]1CNC(=O)c1sc(N2C[C@H]3C[C@@H](C2)c2cccc(=O)n2C3)nc1-c1ccccc1. The Morgan fingerprint density at radius 1 is 1.11 bits per heavy atom. The highest BCUT2D eigenvalue weighted by atomic mass is 32.1. The summed E-state index contributed by atoms with van der Waals surface area (Å²) in [5, 5.41) is 4.12. The second kappa shape index (κ2) is 9.82. The van der Waals surface area contributed by atoms with Crippen LogP contribution in [0.5, 0.6) is 0 Å². The maximum atomic E-state index is 13.5. The molecule has 3 aliphatic rings. The third-order valence-corrected chi connectivity index (χ3v) is 9.14. The molecule has 7 nitrogen and oxygen atoms in total. The first-order valence-electron chi connectivity index (χ1n) is 13.1. The van der Waals surface area contributed by atoms with E-state index in [-0.39, 0.29) is 11.5 Å². The van der Waals surface area contributed by atoms with Gasteiger partial charge in [-0.3, -0.25) is 14.5 Å². The smallest absolute Gasteiger partial charge is 0.263 e. The van der Waals surface area contributed by atoms with Crippen molar-refractivity contribution < 1.29 is 4.79 Å². The zero-order valence-corrected chi connectivity index (χ0v) is 21.5. The number of nitrogens with one attached hydrogen (secondary N) is 1. The van der Waals surface area contributed by atoms with Gasteiger partial charge in [0.05, 0.1) is 5.69 Å². The minimum absolute atomic E-state index is 0.0327. The minimum Gasteiger partial charge on any atom is -0.350 e. The number of pyridine rings is 1. The number of thiazole rings is 1. The van der Waals surface area contributed by atoms with Gasteiger partial charge in [-0.15, -0.1) is 0 Å². The van der Waals surface area contributed by atoms with E-state index in [0.717, 1.165) is 67.6 Å². The minimum atomic E-state index is -0.0327. The first kappa shape index (κ1) is 23.4. The van der Waals surface area contributed by atoms with E-state index >= 15 is 0 Å². The summed E-state index contributed by atoms with van der Waals surface area (Å²) in [5.41, 5.74) is 2.95. The van der Waals surface area contributed by atoms with Gasteiger partial charge in [-0.2, -0.15) is 0 Å². The van der Waals surface area contributed by atoms with Crippen LogP contribution in [0, 0.1) is 5.92 Å². The molecule has 3 atom stereocenters. The van der Waals surface area contributed by atoms with Gasteiger partial charge in [0.2, 0.25) is 0 Å². The fraction of sp³-hybridized carbons (Fsp3) is 0.464.